The minimum absolute atomic E-state index is 0.192. The average Bonchev–Trinajstić information content (AvgIpc) is 2.79. The third kappa shape index (κ3) is 5.31. The second-order valence-corrected chi connectivity index (χ2v) is 9.00. The molecule has 4 rings (SSSR count). The van der Waals surface area contributed by atoms with Crippen LogP contribution in [-0.4, -0.2) is 25.9 Å². The third-order valence-electron chi connectivity index (χ3n) is 5.87. The van der Waals surface area contributed by atoms with Crippen LogP contribution < -0.4 is 4.31 Å². The van der Waals surface area contributed by atoms with Gasteiger partial charge in [-0.3, -0.25) is 13.7 Å². The number of hydrogen-bond acceptors (Lipinski definition) is 4. The first-order valence-electron chi connectivity index (χ1n) is 10.8. The number of ether oxygens (including phenoxy) is 2. The number of benzene rings is 1. The van der Waals surface area contributed by atoms with Gasteiger partial charge in [-0.05, 0) is 61.8 Å². The molecule has 0 amide bonds. The Balaban J connectivity index is 1.60. The summed E-state index contributed by atoms with van der Waals surface area (Å²) in [5, 5.41) is 9.55. The predicted molar refractivity (Wildman–Crippen MR) is 122 cm³/mol. The number of fused-ring (bicyclic) bond motifs is 1. The summed E-state index contributed by atoms with van der Waals surface area (Å²) < 4.78 is 35.2. The van der Waals surface area contributed by atoms with E-state index in [1.54, 1.807) is 6.07 Å². The molecule has 3 aliphatic rings. The van der Waals surface area contributed by atoms with Crippen LogP contribution >= 0.6 is 0 Å². The molecular weight excluding hydrogens is 430 g/mol. The maximum atomic E-state index is 12.4. The van der Waals surface area contributed by atoms with Crippen LogP contribution in [0.25, 0.3) is 0 Å². The molecular formula is C24H27NO6S. The van der Waals surface area contributed by atoms with Gasteiger partial charge in [-0.25, -0.2) is 4.21 Å². The number of carboxylic acid groups (broad SMARTS) is 1. The summed E-state index contributed by atoms with van der Waals surface area (Å²) in [6.45, 7) is 0. The second-order valence-electron chi connectivity index (χ2n) is 8.14. The fourth-order valence-corrected chi connectivity index (χ4v) is 5.01. The molecule has 1 aromatic rings. The molecule has 170 valence electrons. The van der Waals surface area contributed by atoms with Crippen molar-refractivity contribution in [2.45, 2.75) is 57.4 Å². The molecule has 0 aromatic heterocycles. The summed E-state index contributed by atoms with van der Waals surface area (Å²) in [4.78, 5) is 11.7. The highest BCUT2D eigenvalue weighted by Gasteiger charge is 2.33. The Morgan fingerprint density at radius 1 is 1.16 bits per heavy atom. The largest absolute Gasteiger partial charge is 0.481 e. The summed E-state index contributed by atoms with van der Waals surface area (Å²) in [6.07, 6.45) is 15.0. The molecule has 32 heavy (non-hydrogen) atoms. The first-order chi connectivity index (χ1) is 15.5. The van der Waals surface area contributed by atoms with Gasteiger partial charge in [0.05, 0.1) is 12.1 Å². The zero-order valence-electron chi connectivity index (χ0n) is 17.7. The number of anilines is 1. The normalized spacial score (nSPS) is 19.3. The zero-order valence-corrected chi connectivity index (χ0v) is 18.6. The molecule has 2 aliphatic carbocycles. The van der Waals surface area contributed by atoms with Crippen molar-refractivity contribution in [1.82, 2.24) is 0 Å². The number of allylic oxidation sites excluding steroid dienone is 4. The van der Waals surface area contributed by atoms with Crippen molar-refractivity contribution in [1.29, 1.82) is 0 Å². The third-order valence-corrected chi connectivity index (χ3v) is 6.67. The fraction of sp³-hybridized carbons (Fsp3) is 0.375. The lowest BCUT2D eigenvalue weighted by molar-refractivity contribution is -0.137. The SMILES string of the molecule is O=C(O)CC(C1=COC=C(CC2=CC=CCC2)O1)N(c1ccc2c(c1)CCCC2)S(=O)O. The lowest BCUT2D eigenvalue weighted by Gasteiger charge is -2.32. The van der Waals surface area contributed by atoms with E-state index in [1.807, 2.05) is 24.3 Å². The van der Waals surface area contributed by atoms with Gasteiger partial charge in [0.2, 0.25) is 0 Å². The minimum Gasteiger partial charge on any atom is -0.481 e. The van der Waals surface area contributed by atoms with Gasteiger partial charge in [-0.2, -0.15) is 0 Å². The fourth-order valence-electron chi connectivity index (χ4n) is 4.32. The number of aryl methyl sites for hydroxylation is 2. The van der Waals surface area contributed by atoms with E-state index < -0.39 is 29.7 Å². The number of carbonyl (C=O) groups is 1. The van der Waals surface area contributed by atoms with Gasteiger partial charge in [0.15, 0.2) is 5.76 Å². The highest BCUT2D eigenvalue weighted by molar-refractivity contribution is 7.80. The molecule has 2 atom stereocenters. The highest BCUT2D eigenvalue weighted by Crippen LogP contribution is 2.33. The first-order valence-corrected chi connectivity index (χ1v) is 11.9. The molecule has 0 saturated heterocycles. The number of rotatable bonds is 8. The lowest BCUT2D eigenvalue weighted by atomic mass is 9.91. The zero-order chi connectivity index (χ0) is 22.5. The van der Waals surface area contributed by atoms with Crippen molar-refractivity contribution in [3.63, 3.8) is 0 Å². The van der Waals surface area contributed by atoms with Gasteiger partial charge < -0.3 is 14.6 Å². The molecule has 0 radical (unpaired) electrons. The predicted octanol–water partition coefficient (Wildman–Crippen LogP) is 4.75. The Hall–Kier alpha value is -2.84. The first kappa shape index (κ1) is 22.4. The number of nitrogens with zero attached hydrogens (tertiary/aromatic N) is 1. The van der Waals surface area contributed by atoms with Gasteiger partial charge in [0, 0.05) is 6.42 Å². The van der Waals surface area contributed by atoms with E-state index in [0.29, 0.717) is 17.9 Å². The molecule has 7 nitrogen and oxygen atoms in total. The van der Waals surface area contributed by atoms with Crippen LogP contribution in [0.5, 0.6) is 0 Å². The molecule has 2 unspecified atom stereocenters. The van der Waals surface area contributed by atoms with Crippen molar-refractivity contribution in [3.8, 4) is 0 Å². The summed E-state index contributed by atoms with van der Waals surface area (Å²) in [5.41, 5.74) is 4.02. The maximum Gasteiger partial charge on any atom is 0.305 e. The summed E-state index contributed by atoms with van der Waals surface area (Å²) in [7, 11) is 0. The molecule has 2 N–H and O–H groups in total. The smallest absolute Gasteiger partial charge is 0.305 e. The van der Waals surface area contributed by atoms with Gasteiger partial charge in [-0.1, -0.05) is 29.9 Å². The molecule has 0 spiro atoms. The molecule has 0 saturated carbocycles. The Morgan fingerprint density at radius 2 is 1.97 bits per heavy atom. The number of carboxylic acids is 1. The Morgan fingerprint density at radius 3 is 2.69 bits per heavy atom. The second kappa shape index (κ2) is 10.2. The van der Waals surface area contributed by atoms with Crippen LogP contribution in [0.4, 0.5) is 5.69 Å². The van der Waals surface area contributed by atoms with Crippen molar-refractivity contribution in [3.05, 3.63) is 77.2 Å². The molecule has 8 heteroatoms. The van der Waals surface area contributed by atoms with E-state index >= 15 is 0 Å². The van der Waals surface area contributed by atoms with Crippen molar-refractivity contribution in [2.24, 2.45) is 0 Å². The summed E-state index contributed by atoms with van der Waals surface area (Å²) in [5.74, 6) is -0.380. The van der Waals surface area contributed by atoms with Crippen LogP contribution in [-0.2, 0) is 38.4 Å². The molecule has 1 aliphatic heterocycles. The van der Waals surface area contributed by atoms with Gasteiger partial charge in [0.1, 0.15) is 24.3 Å². The quantitative estimate of drug-likeness (QED) is 0.547. The van der Waals surface area contributed by atoms with Crippen LogP contribution in [0.2, 0.25) is 0 Å². The molecule has 0 bridgehead atoms. The van der Waals surface area contributed by atoms with E-state index in [2.05, 4.69) is 6.08 Å². The van der Waals surface area contributed by atoms with Crippen LogP contribution in [0, 0.1) is 0 Å². The number of hydrogen-bond donors (Lipinski definition) is 2. The summed E-state index contributed by atoms with van der Waals surface area (Å²) in [6, 6.07) is 4.61. The Labute approximate surface area is 190 Å². The number of aliphatic carboxylic acids is 1. The van der Waals surface area contributed by atoms with E-state index in [0.717, 1.165) is 44.1 Å². The average molecular weight is 458 g/mol. The monoisotopic (exact) mass is 457 g/mol. The summed E-state index contributed by atoms with van der Waals surface area (Å²) >= 11 is -2.47. The minimum atomic E-state index is -2.47. The van der Waals surface area contributed by atoms with Crippen LogP contribution in [0.3, 0.4) is 0 Å². The maximum absolute atomic E-state index is 12.4. The van der Waals surface area contributed by atoms with Crippen LogP contribution in [0.1, 0.15) is 49.7 Å². The Kier molecular flexibility index (Phi) is 7.12. The molecule has 0 fully saturated rings. The van der Waals surface area contributed by atoms with Crippen molar-refractivity contribution >= 4 is 22.9 Å². The van der Waals surface area contributed by atoms with Crippen LogP contribution in [0.15, 0.2) is 66.0 Å². The van der Waals surface area contributed by atoms with E-state index in [4.69, 9.17) is 9.47 Å². The lowest BCUT2D eigenvalue weighted by Crippen LogP contribution is -2.41. The van der Waals surface area contributed by atoms with Crippen molar-refractivity contribution in [2.75, 3.05) is 4.31 Å². The van der Waals surface area contributed by atoms with Gasteiger partial charge in [0.25, 0.3) is 11.3 Å². The topological polar surface area (TPSA) is 96.3 Å². The van der Waals surface area contributed by atoms with E-state index in [9.17, 15) is 18.7 Å². The van der Waals surface area contributed by atoms with Gasteiger partial charge in [-0.15, -0.1) is 0 Å². The molecule has 1 heterocycles. The highest BCUT2D eigenvalue weighted by atomic mass is 32.2. The molecule has 1 aromatic carbocycles. The van der Waals surface area contributed by atoms with Gasteiger partial charge >= 0.3 is 5.97 Å². The van der Waals surface area contributed by atoms with Crippen molar-refractivity contribution < 1.29 is 28.1 Å². The Bertz CT molecular complexity index is 1030. The van der Waals surface area contributed by atoms with E-state index in [1.165, 1.54) is 28.0 Å². The van der Waals surface area contributed by atoms with E-state index in [-0.39, 0.29) is 5.76 Å². The standard InChI is InChI=1S/C24H27NO6S/c26-24(27)14-22(23-16-30-15-21(31-23)12-17-6-2-1-3-7-17)25(32(28)29)20-11-10-18-8-4-5-9-19(18)13-20/h1-2,6,10-11,13,15-16,22H,3-5,7-9,12,14H2,(H,26,27)(H,28,29).